The molecule has 0 amide bonds. The van der Waals surface area contributed by atoms with Crippen molar-refractivity contribution in [3.8, 4) is 16.9 Å². The number of esters is 1. The monoisotopic (exact) mass is 334 g/mol. The summed E-state index contributed by atoms with van der Waals surface area (Å²) >= 11 is 0. The summed E-state index contributed by atoms with van der Waals surface area (Å²) in [6, 6.07) is 20.6. The second-order valence-electron chi connectivity index (χ2n) is 5.69. The van der Waals surface area contributed by atoms with Gasteiger partial charge in [-0.3, -0.25) is 4.79 Å². The maximum atomic E-state index is 12.6. The van der Waals surface area contributed by atoms with E-state index in [4.69, 9.17) is 4.74 Å². The Bertz CT molecular complexity index is 886. The van der Waals surface area contributed by atoms with Crippen molar-refractivity contribution in [2.75, 3.05) is 0 Å². The van der Waals surface area contributed by atoms with E-state index in [2.05, 4.69) is 5.10 Å². The number of nitrogens with zero attached hydrogens (tertiary/aromatic N) is 2. The fraction of sp³-hybridized carbons (Fsp3) is 0.150. The van der Waals surface area contributed by atoms with Crippen molar-refractivity contribution in [3.63, 3.8) is 0 Å². The minimum Gasteiger partial charge on any atom is -0.450 e. The number of ether oxygens (including phenoxy) is 1. The number of carbonyl (C=O) groups is 2. The lowest BCUT2D eigenvalue weighted by Crippen LogP contribution is -2.23. The summed E-state index contributed by atoms with van der Waals surface area (Å²) in [6.07, 6.45) is -0.799. The Morgan fingerprint density at radius 1 is 1.00 bits per heavy atom. The predicted molar refractivity (Wildman–Crippen MR) is 94.6 cm³/mol. The van der Waals surface area contributed by atoms with Gasteiger partial charge >= 0.3 is 5.97 Å². The van der Waals surface area contributed by atoms with Crippen molar-refractivity contribution in [2.45, 2.75) is 20.0 Å². The quantitative estimate of drug-likeness (QED) is 0.668. The molecule has 3 aromatic rings. The molecule has 126 valence electrons. The molecule has 0 aliphatic rings. The van der Waals surface area contributed by atoms with Crippen LogP contribution in [0.1, 0.15) is 24.3 Å². The van der Waals surface area contributed by atoms with Gasteiger partial charge in [0.15, 0.2) is 17.6 Å². The number of rotatable bonds is 5. The zero-order valence-electron chi connectivity index (χ0n) is 14.0. The molecule has 3 rings (SSSR count). The number of hydrogen-bond donors (Lipinski definition) is 0. The largest absolute Gasteiger partial charge is 0.450 e. The third-order valence-electron chi connectivity index (χ3n) is 3.85. The van der Waals surface area contributed by atoms with Crippen molar-refractivity contribution in [2.24, 2.45) is 0 Å². The van der Waals surface area contributed by atoms with E-state index in [1.54, 1.807) is 13.0 Å². The highest BCUT2D eigenvalue weighted by Gasteiger charge is 2.22. The highest BCUT2D eigenvalue weighted by atomic mass is 16.5. The van der Waals surface area contributed by atoms with Gasteiger partial charge in [0.1, 0.15) is 0 Å². The molecule has 0 aliphatic carbocycles. The minimum atomic E-state index is -0.799. The van der Waals surface area contributed by atoms with Crippen LogP contribution in [0.3, 0.4) is 0 Å². The SMILES string of the molecule is CC(=O)[C@@H](C)OC(=O)c1cc(-c2ccccc2)nn1-c1ccccc1. The summed E-state index contributed by atoms with van der Waals surface area (Å²) in [5, 5.41) is 4.55. The molecule has 0 radical (unpaired) electrons. The maximum absolute atomic E-state index is 12.6. The van der Waals surface area contributed by atoms with Crippen LogP contribution in [0.15, 0.2) is 66.7 Å². The van der Waals surface area contributed by atoms with Gasteiger partial charge in [0.05, 0.1) is 11.4 Å². The molecule has 0 bridgehead atoms. The van der Waals surface area contributed by atoms with Crippen molar-refractivity contribution in [1.29, 1.82) is 0 Å². The van der Waals surface area contributed by atoms with Gasteiger partial charge in [-0.1, -0.05) is 48.5 Å². The molecule has 1 atom stereocenters. The number of benzene rings is 2. The Balaban J connectivity index is 2.05. The first-order valence-corrected chi connectivity index (χ1v) is 7.98. The lowest BCUT2D eigenvalue weighted by Gasteiger charge is -2.11. The zero-order valence-corrected chi connectivity index (χ0v) is 14.0. The van der Waals surface area contributed by atoms with E-state index in [-0.39, 0.29) is 11.5 Å². The lowest BCUT2D eigenvalue weighted by atomic mass is 10.1. The van der Waals surface area contributed by atoms with E-state index in [0.717, 1.165) is 11.3 Å². The van der Waals surface area contributed by atoms with Crippen LogP contribution >= 0.6 is 0 Å². The number of carbonyl (C=O) groups excluding carboxylic acids is 2. The van der Waals surface area contributed by atoms with Gasteiger partial charge in [-0.05, 0) is 32.0 Å². The van der Waals surface area contributed by atoms with Crippen LogP contribution < -0.4 is 0 Å². The average molecular weight is 334 g/mol. The topological polar surface area (TPSA) is 61.2 Å². The number of aromatic nitrogens is 2. The van der Waals surface area contributed by atoms with Crippen LogP contribution in [0, 0.1) is 0 Å². The molecule has 5 heteroatoms. The summed E-state index contributed by atoms with van der Waals surface area (Å²) in [4.78, 5) is 24.0. The first-order chi connectivity index (χ1) is 12.1. The van der Waals surface area contributed by atoms with Crippen LogP contribution in [0.4, 0.5) is 0 Å². The van der Waals surface area contributed by atoms with Gasteiger partial charge in [0, 0.05) is 5.56 Å². The fourth-order valence-electron chi connectivity index (χ4n) is 2.35. The van der Waals surface area contributed by atoms with Crippen LogP contribution in [-0.4, -0.2) is 27.6 Å². The second-order valence-corrected chi connectivity index (χ2v) is 5.69. The predicted octanol–water partition coefficient (Wildman–Crippen LogP) is 3.67. The van der Waals surface area contributed by atoms with Crippen LogP contribution in [0.5, 0.6) is 0 Å². The van der Waals surface area contributed by atoms with Crippen molar-refractivity contribution >= 4 is 11.8 Å². The molecule has 0 fully saturated rings. The third kappa shape index (κ3) is 3.66. The molecular formula is C20H18N2O3. The fourth-order valence-corrected chi connectivity index (χ4v) is 2.35. The van der Waals surface area contributed by atoms with Crippen LogP contribution in [0.25, 0.3) is 16.9 Å². The highest BCUT2D eigenvalue weighted by Crippen LogP contribution is 2.22. The molecule has 2 aromatic carbocycles. The summed E-state index contributed by atoms with van der Waals surface area (Å²) in [5.74, 6) is -0.788. The third-order valence-corrected chi connectivity index (χ3v) is 3.85. The summed E-state index contributed by atoms with van der Waals surface area (Å²) in [7, 11) is 0. The van der Waals surface area contributed by atoms with E-state index < -0.39 is 12.1 Å². The molecule has 0 N–H and O–H groups in total. The van der Waals surface area contributed by atoms with E-state index in [1.165, 1.54) is 11.6 Å². The molecule has 0 spiro atoms. The molecule has 5 nitrogen and oxygen atoms in total. The summed E-state index contributed by atoms with van der Waals surface area (Å²) in [6.45, 7) is 2.95. The van der Waals surface area contributed by atoms with Gasteiger partial charge in [0.25, 0.3) is 0 Å². The minimum absolute atomic E-state index is 0.206. The van der Waals surface area contributed by atoms with Gasteiger partial charge in [-0.25, -0.2) is 9.48 Å². The zero-order chi connectivity index (χ0) is 17.8. The molecular weight excluding hydrogens is 316 g/mol. The van der Waals surface area contributed by atoms with Gasteiger partial charge in [-0.15, -0.1) is 0 Å². The highest BCUT2D eigenvalue weighted by molar-refractivity contribution is 5.92. The molecule has 25 heavy (non-hydrogen) atoms. The number of Topliss-reactive ketones (excluding diaryl/α,β-unsaturated/α-hetero) is 1. The number of ketones is 1. The lowest BCUT2D eigenvalue weighted by molar-refractivity contribution is -0.124. The van der Waals surface area contributed by atoms with E-state index in [9.17, 15) is 9.59 Å². The molecule has 1 aromatic heterocycles. The Morgan fingerprint density at radius 3 is 2.20 bits per heavy atom. The molecule has 0 unspecified atom stereocenters. The van der Waals surface area contributed by atoms with Gasteiger partial charge in [0.2, 0.25) is 0 Å². The van der Waals surface area contributed by atoms with E-state index in [0.29, 0.717) is 5.69 Å². The maximum Gasteiger partial charge on any atom is 0.357 e. The summed E-state index contributed by atoms with van der Waals surface area (Å²) < 4.78 is 6.80. The van der Waals surface area contributed by atoms with Gasteiger partial charge < -0.3 is 4.74 Å². The van der Waals surface area contributed by atoms with Crippen LogP contribution in [0.2, 0.25) is 0 Å². The Hall–Kier alpha value is -3.21. The first kappa shape index (κ1) is 16.6. The Labute approximate surface area is 145 Å². The standard InChI is InChI=1S/C20H18N2O3/c1-14(23)15(2)25-20(24)19-13-18(16-9-5-3-6-10-16)21-22(19)17-11-7-4-8-12-17/h3-13,15H,1-2H3/t15-/m1/s1. The van der Waals surface area contributed by atoms with Crippen molar-refractivity contribution in [1.82, 2.24) is 9.78 Å². The van der Waals surface area contributed by atoms with E-state index >= 15 is 0 Å². The van der Waals surface area contributed by atoms with Crippen molar-refractivity contribution < 1.29 is 14.3 Å². The molecule has 0 saturated carbocycles. The Morgan fingerprint density at radius 2 is 1.60 bits per heavy atom. The molecule has 0 aliphatic heterocycles. The average Bonchev–Trinajstić information content (AvgIpc) is 3.08. The first-order valence-electron chi connectivity index (χ1n) is 7.98. The van der Waals surface area contributed by atoms with Crippen LogP contribution in [-0.2, 0) is 9.53 Å². The summed E-state index contributed by atoms with van der Waals surface area (Å²) in [5.41, 5.74) is 2.57. The van der Waals surface area contributed by atoms with Crippen molar-refractivity contribution in [3.05, 3.63) is 72.4 Å². The number of hydrogen-bond acceptors (Lipinski definition) is 4. The smallest absolute Gasteiger partial charge is 0.357 e. The van der Waals surface area contributed by atoms with E-state index in [1.807, 2.05) is 60.7 Å². The molecule has 0 saturated heterocycles. The Kier molecular flexibility index (Phi) is 4.75. The van der Waals surface area contributed by atoms with Gasteiger partial charge in [-0.2, -0.15) is 5.10 Å². The second kappa shape index (κ2) is 7.13. The molecule has 1 heterocycles. The number of para-hydroxylation sites is 1. The normalized spacial score (nSPS) is 11.8.